The number of ether oxygens (including phenoxy) is 1. The summed E-state index contributed by atoms with van der Waals surface area (Å²) in [6, 6.07) is 8.69. The second-order valence-electron chi connectivity index (χ2n) is 6.24. The Morgan fingerprint density at radius 1 is 1.07 bits per heavy atom. The fraction of sp³-hybridized carbons (Fsp3) is 0.222. The summed E-state index contributed by atoms with van der Waals surface area (Å²) >= 11 is 5.11. The van der Waals surface area contributed by atoms with E-state index in [-0.39, 0.29) is 15.6 Å². The van der Waals surface area contributed by atoms with E-state index < -0.39 is 27.3 Å². The van der Waals surface area contributed by atoms with Gasteiger partial charge in [0.05, 0.1) is 24.3 Å². The highest BCUT2D eigenvalue weighted by Crippen LogP contribution is 2.36. The molecule has 1 heterocycles. The first kappa shape index (κ1) is 21.8. The number of hydrazone groups is 1. The number of thiocarbonyl (C=S) groups is 1. The van der Waals surface area contributed by atoms with Gasteiger partial charge in [-0.25, -0.2) is 8.42 Å². The quantitative estimate of drug-likeness (QED) is 0.195. The third kappa shape index (κ3) is 4.97. The average molecular weight is 453 g/mol. The first-order valence-corrected chi connectivity index (χ1v) is 10.7. The standard InChI is InChI=1S/C18H20N4O6S2/c23-15-6-1-12(16(24)17(15)25)11-19-21-18(29)20-13-2-4-14(5-3-13)30(26,27)22-7-9-28-10-8-22/h1-6,11,23-25H,7-10H2,(H2,20,21,29)/b19-11+. The highest BCUT2D eigenvalue weighted by atomic mass is 32.2. The molecule has 1 fully saturated rings. The topological polar surface area (TPSA) is 144 Å². The number of sulfonamides is 1. The maximum atomic E-state index is 12.6. The predicted molar refractivity (Wildman–Crippen MR) is 114 cm³/mol. The number of phenols is 3. The highest BCUT2D eigenvalue weighted by Gasteiger charge is 2.26. The molecule has 0 aromatic heterocycles. The van der Waals surface area contributed by atoms with Crippen molar-refractivity contribution < 1.29 is 28.5 Å². The molecule has 30 heavy (non-hydrogen) atoms. The number of hydrogen-bond donors (Lipinski definition) is 5. The molecule has 2 aromatic carbocycles. The molecule has 0 spiro atoms. The van der Waals surface area contributed by atoms with Crippen LogP contribution in [0.15, 0.2) is 46.4 Å². The molecule has 0 aliphatic carbocycles. The largest absolute Gasteiger partial charge is 0.504 e. The normalized spacial score (nSPS) is 15.2. The van der Waals surface area contributed by atoms with Crippen molar-refractivity contribution in [1.82, 2.24) is 9.73 Å². The van der Waals surface area contributed by atoms with Gasteiger partial charge in [-0.2, -0.15) is 9.41 Å². The molecule has 160 valence electrons. The van der Waals surface area contributed by atoms with Crippen LogP contribution in [0.3, 0.4) is 0 Å². The van der Waals surface area contributed by atoms with Crippen molar-refractivity contribution >= 4 is 39.3 Å². The fourth-order valence-electron chi connectivity index (χ4n) is 2.65. The first-order valence-electron chi connectivity index (χ1n) is 8.81. The Morgan fingerprint density at radius 2 is 1.73 bits per heavy atom. The maximum Gasteiger partial charge on any atom is 0.243 e. The van der Waals surface area contributed by atoms with Gasteiger partial charge in [0, 0.05) is 24.3 Å². The van der Waals surface area contributed by atoms with Gasteiger partial charge in [0.1, 0.15) is 0 Å². The Kier molecular flexibility index (Phi) is 6.72. The van der Waals surface area contributed by atoms with Crippen LogP contribution >= 0.6 is 12.2 Å². The minimum atomic E-state index is -3.57. The van der Waals surface area contributed by atoms with Crippen LogP contribution < -0.4 is 10.7 Å². The third-order valence-electron chi connectivity index (χ3n) is 4.25. The number of aromatic hydroxyl groups is 3. The van der Waals surface area contributed by atoms with Crippen molar-refractivity contribution in [2.75, 3.05) is 31.6 Å². The molecule has 2 aromatic rings. The minimum Gasteiger partial charge on any atom is -0.504 e. The Labute approximate surface area is 178 Å². The van der Waals surface area contributed by atoms with Crippen LogP contribution in [0.1, 0.15) is 5.56 Å². The van der Waals surface area contributed by atoms with Crippen LogP contribution in [0.5, 0.6) is 17.2 Å². The molecule has 1 aliphatic rings. The Hall–Kier alpha value is -2.93. The van der Waals surface area contributed by atoms with Crippen molar-refractivity contribution in [2.24, 2.45) is 5.10 Å². The molecule has 0 unspecified atom stereocenters. The van der Waals surface area contributed by atoms with Gasteiger partial charge in [0.2, 0.25) is 15.8 Å². The maximum absolute atomic E-state index is 12.6. The van der Waals surface area contributed by atoms with E-state index in [1.54, 1.807) is 12.1 Å². The predicted octanol–water partition coefficient (Wildman–Crippen LogP) is 1.14. The lowest BCUT2D eigenvalue weighted by molar-refractivity contribution is 0.0730. The van der Waals surface area contributed by atoms with E-state index in [2.05, 4.69) is 15.8 Å². The van der Waals surface area contributed by atoms with E-state index in [4.69, 9.17) is 17.0 Å². The van der Waals surface area contributed by atoms with Gasteiger partial charge in [-0.05, 0) is 48.6 Å². The Morgan fingerprint density at radius 3 is 2.40 bits per heavy atom. The molecule has 1 aliphatic heterocycles. The van der Waals surface area contributed by atoms with Crippen LogP contribution in [-0.2, 0) is 14.8 Å². The summed E-state index contributed by atoms with van der Waals surface area (Å²) in [6.45, 7) is 1.40. The summed E-state index contributed by atoms with van der Waals surface area (Å²) < 4.78 is 31.8. The van der Waals surface area contributed by atoms with Crippen LogP contribution in [0, 0.1) is 0 Å². The Bertz CT molecular complexity index is 1050. The monoisotopic (exact) mass is 452 g/mol. The second-order valence-corrected chi connectivity index (χ2v) is 8.58. The average Bonchev–Trinajstić information content (AvgIpc) is 2.75. The summed E-state index contributed by atoms with van der Waals surface area (Å²) in [4.78, 5) is 0.175. The van der Waals surface area contributed by atoms with Crippen molar-refractivity contribution in [3.8, 4) is 17.2 Å². The molecule has 3 rings (SSSR count). The van der Waals surface area contributed by atoms with Gasteiger partial charge < -0.3 is 25.4 Å². The number of nitrogens with zero attached hydrogens (tertiary/aromatic N) is 2. The van der Waals surface area contributed by atoms with Crippen LogP contribution in [0.25, 0.3) is 0 Å². The molecule has 10 nitrogen and oxygen atoms in total. The smallest absolute Gasteiger partial charge is 0.243 e. The number of anilines is 1. The zero-order chi connectivity index (χ0) is 21.7. The van der Waals surface area contributed by atoms with E-state index in [0.717, 1.165) is 0 Å². The van der Waals surface area contributed by atoms with Crippen molar-refractivity contribution in [2.45, 2.75) is 4.90 Å². The van der Waals surface area contributed by atoms with Gasteiger partial charge >= 0.3 is 0 Å². The zero-order valence-corrected chi connectivity index (χ0v) is 17.3. The molecule has 0 radical (unpaired) electrons. The van der Waals surface area contributed by atoms with E-state index in [1.807, 2.05) is 0 Å². The SMILES string of the molecule is O=S(=O)(c1ccc(NC(=S)N/N=C/c2ccc(O)c(O)c2O)cc1)N1CCOCC1. The van der Waals surface area contributed by atoms with Crippen LogP contribution in [-0.4, -0.2) is 65.7 Å². The molecule has 1 saturated heterocycles. The molecular formula is C18H20N4O6S2. The zero-order valence-electron chi connectivity index (χ0n) is 15.6. The number of rotatable bonds is 5. The number of nitrogens with one attached hydrogen (secondary N) is 2. The third-order valence-corrected chi connectivity index (χ3v) is 6.36. The minimum absolute atomic E-state index is 0.123. The van der Waals surface area contributed by atoms with Crippen molar-refractivity contribution in [3.63, 3.8) is 0 Å². The summed E-state index contributed by atoms with van der Waals surface area (Å²) in [5.74, 6) is -1.61. The molecule has 0 amide bonds. The Balaban J connectivity index is 1.59. The lowest BCUT2D eigenvalue weighted by Gasteiger charge is -2.26. The van der Waals surface area contributed by atoms with E-state index in [1.165, 1.54) is 34.8 Å². The van der Waals surface area contributed by atoms with Gasteiger partial charge in [-0.1, -0.05) is 0 Å². The molecule has 12 heteroatoms. The van der Waals surface area contributed by atoms with Gasteiger partial charge in [0.25, 0.3) is 0 Å². The van der Waals surface area contributed by atoms with E-state index >= 15 is 0 Å². The summed E-state index contributed by atoms with van der Waals surface area (Å²) in [6.07, 6.45) is 1.21. The molecule has 0 saturated carbocycles. The number of benzene rings is 2. The van der Waals surface area contributed by atoms with Gasteiger partial charge in [-0.3, -0.25) is 5.43 Å². The molecule has 5 N–H and O–H groups in total. The van der Waals surface area contributed by atoms with Crippen molar-refractivity contribution in [3.05, 3.63) is 42.0 Å². The van der Waals surface area contributed by atoms with Gasteiger partial charge in [0.15, 0.2) is 16.6 Å². The first-order chi connectivity index (χ1) is 14.3. The van der Waals surface area contributed by atoms with Gasteiger partial charge in [-0.15, -0.1) is 0 Å². The number of morpholine rings is 1. The van der Waals surface area contributed by atoms with Crippen LogP contribution in [0.4, 0.5) is 5.69 Å². The van der Waals surface area contributed by atoms with Crippen molar-refractivity contribution in [1.29, 1.82) is 0 Å². The summed E-state index contributed by atoms with van der Waals surface area (Å²) in [5.41, 5.74) is 3.25. The molecule has 0 bridgehead atoms. The van der Waals surface area contributed by atoms with Crippen LogP contribution in [0.2, 0.25) is 0 Å². The summed E-state index contributed by atoms with van der Waals surface area (Å²) in [5, 5.41) is 35.3. The summed E-state index contributed by atoms with van der Waals surface area (Å²) in [7, 11) is -3.57. The lowest BCUT2D eigenvalue weighted by Crippen LogP contribution is -2.40. The van der Waals surface area contributed by atoms with E-state index in [0.29, 0.717) is 32.0 Å². The lowest BCUT2D eigenvalue weighted by atomic mass is 10.2. The fourth-order valence-corrected chi connectivity index (χ4v) is 4.23. The number of hydrogen-bond acceptors (Lipinski definition) is 8. The highest BCUT2D eigenvalue weighted by molar-refractivity contribution is 7.89. The number of phenolic OH excluding ortho intramolecular Hbond substituents is 3. The second kappa shape index (κ2) is 9.26. The molecule has 0 atom stereocenters. The van der Waals surface area contributed by atoms with E-state index in [9.17, 15) is 23.7 Å². The molecular weight excluding hydrogens is 432 g/mol.